The topological polar surface area (TPSA) is 18.5 Å². The number of hydrogen-bond donors (Lipinski definition) is 0. The van der Waals surface area contributed by atoms with Crippen LogP contribution in [0, 0.1) is 0 Å². The van der Waals surface area contributed by atoms with Gasteiger partial charge in [0.1, 0.15) is 52.4 Å². The van der Waals surface area contributed by atoms with Gasteiger partial charge in [0, 0.05) is 33.4 Å². The smallest absolute Gasteiger partial charge is 0.105 e. The van der Waals surface area contributed by atoms with Crippen molar-refractivity contribution < 1.29 is 43.3 Å². The number of rotatable bonds is 21. The highest BCUT2D eigenvalue weighted by Crippen LogP contribution is 2.26. The van der Waals surface area contributed by atoms with Gasteiger partial charge in [-0.25, -0.2) is 0 Å². The van der Waals surface area contributed by atoms with Gasteiger partial charge in [-0.3, -0.25) is 0 Å². The molecule has 0 saturated heterocycles. The zero-order chi connectivity index (χ0) is 35.6. The van der Waals surface area contributed by atoms with Crippen molar-refractivity contribution in [2.24, 2.45) is 0 Å². The van der Waals surface area contributed by atoms with Crippen LogP contribution < -0.4 is 24.8 Å². The van der Waals surface area contributed by atoms with E-state index in [-0.39, 0.29) is 24.8 Å². The second-order valence-corrected chi connectivity index (χ2v) is 14.2. The van der Waals surface area contributed by atoms with Crippen LogP contribution in [-0.4, -0.2) is 48.5 Å². The van der Waals surface area contributed by atoms with Gasteiger partial charge in [-0.05, 0) is 0 Å². The monoisotopic (exact) mass is 760 g/mol. The second-order valence-electron chi connectivity index (χ2n) is 14.2. The molecule has 0 N–H and O–H groups in total. The van der Waals surface area contributed by atoms with Crippen molar-refractivity contribution in [1.82, 2.24) is 0 Å². The molecule has 0 aliphatic rings. The molecule has 0 fully saturated rings. The summed E-state index contributed by atoms with van der Waals surface area (Å²) in [5.41, 5.74) is 8.09. The van der Waals surface area contributed by atoms with E-state index in [0.29, 0.717) is 26.4 Å². The highest BCUT2D eigenvalue weighted by atomic mass is 35.5. The molecule has 6 rings (SSSR count). The van der Waals surface area contributed by atoms with Crippen LogP contribution in [0.25, 0.3) is 0 Å². The first kappa shape index (κ1) is 42.5. The van der Waals surface area contributed by atoms with Gasteiger partial charge < -0.3 is 43.3 Å². The van der Waals surface area contributed by atoms with Crippen LogP contribution in [0.2, 0.25) is 0 Å². The Morgan fingerprint density at radius 3 is 0.630 bits per heavy atom. The molecule has 0 atom stereocenters. The highest BCUT2D eigenvalue weighted by molar-refractivity contribution is 5.19. The minimum Gasteiger partial charge on any atom is -1.00 e. The fourth-order valence-corrected chi connectivity index (χ4v) is 7.47. The lowest BCUT2D eigenvalue weighted by Gasteiger charge is -2.39. The predicted octanol–water partition coefficient (Wildman–Crippen LogP) is 3.86. The molecule has 6 aromatic carbocycles. The van der Waals surface area contributed by atoms with E-state index in [1.165, 1.54) is 33.4 Å². The maximum Gasteiger partial charge on any atom is 0.105 e. The number of hydrogen-bond acceptors (Lipinski definition) is 2. The van der Waals surface area contributed by atoms with Gasteiger partial charge in [-0.15, -0.1) is 0 Å². The van der Waals surface area contributed by atoms with Crippen molar-refractivity contribution >= 4 is 0 Å². The van der Waals surface area contributed by atoms with E-state index in [4.69, 9.17) is 9.47 Å². The maximum atomic E-state index is 6.38. The molecule has 6 heteroatoms. The molecule has 0 radical (unpaired) electrons. The van der Waals surface area contributed by atoms with Crippen LogP contribution >= 0.6 is 0 Å². The Bertz CT molecular complexity index is 1490. The first-order valence-corrected chi connectivity index (χ1v) is 18.8. The van der Waals surface area contributed by atoms with E-state index in [0.717, 1.165) is 61.3 Å². The van der Waals surface area contributed by atoms with E-state index in [1.54, 1.807) is 0 Å². The van der Waals surface area contributed by atoms with Crippen LogP contribution in [0.5, 0.6) is 0 Å². The molecule has 0 saturated carbocycles. The molecule has 6 aromatic rings. The quantitative estimate of drug-likeness (QED) is 0.0821. The molecule has 0 unspecified atom stereocenters. The third-order valence-electron chi connectivity index (χ3n) is 9.96. The third-order valence-corrected chi connectivity index (χ3v) is 9.96. The maximum absolute atomic E-state index is 6.38. The SMILES string of the molecule is [Cl-].[Cl-].c1ccc(C[N+](CCOCCOCC[N+](Cc2ccccc2)(Cc2ccccc2)Cc2ccccc2)(Cc2ccccc2)Cc2ccccc2)cc1. The van der Waals surface area contributed by atoms with Crippen LogP contribution in [0.15, 0.2) is 182 Å². The first-order chi connectivity index (χ1) is 25.7. The molecule has 4 nitrogen and oxygen atoms in total. The number of ether oxygens (including phenoxy) is 2. The Hall–Kier alpha value is -4.26. The van der Waals surface area contributed by atoms with Crippen molar-refractivity contribution in [3.05, 3.63) is 215 Å². The summed E-state index contributed by atoms with van der Waals surface area (Å²) >= 11 is 0. The summed E-state index contributed by atoms with van der Waals surface area (Å²) in [4.78, 5) is 0. The number of nitrogens with zero attached hydrogens (tertiary/aromatic N) is 2. The summed E-state index contributed by atoms with van der Waals surface area (Å²) in [5, 5.41) is 0. The first-order valence-electron chi connectivity index (χ1n) is 18.8. The average Bonchev–Trinajstić information content (AvgIpc) is 3.18. The van der Waals surface area contributed by atoms with E-state index in [9.17, 15) is 0 Å². The summed E-state index contributed by atoms with van der Waals surface area (Å²) in [6.07, 6.45) is 0. The Labute approximate surface area is 336 Å². The fourth-order valence-electron chi connectivity index (χ4n) is 7.47. The highest BCUT2D eigenvalue weighted by Gasteiger charge is 2.30. The summed E-state index contributed by atoms with van der Waals surface area (Å²) in [5.74, 6) is 0. The lowest BCUT2D eigenvalue weighted by atomic mass is 10.1. The van der Waals surface area contributed by atoms with Gasteiger partial charge in [-0.2, -0.15) is 0 Å². The van der Waals surface area contributed by atoms with Gasteiger partial charge in [0.2, 0.25) is 0 Å². The summed E-state index contributed by atoms with van der Waals surface area (Å²) < 4.78 is 14.5. The van der Waals surface area contributed by atoms with Gasteiger partial charge in [-0.1, -0.05) is 182 Å². The number of halogens is 2. The molecule has 0 aromatic heterocycles. The average molecular weight is 762 g/mol. The van der Waals surface area contributed by atoms with Crippen LogP contribution in [-0.2, 0) is 48.7 Å². The normalized spacial score (nSPS) is 11.3. The molecule has 54 heavy (non-hydrogen) atoms. The summed E-state index contributed by atoms with van der Waals surface area (Å²) in [7, 11) is 0. The molecular formula is C48H54Cl2N2O2. The summed E-state index contributed by atoms with van der Waals surface area (Å²) in [6.45, 7) is 9.96. The van der Waals surface area contributed by atoms with Gasteiger partial charge >= 0.3 is 0 Å². The molecule has 0 aliphatic carbocycles. The Morgan fingerprint density at radius 1 is 0.259 bits per heavy atom. The molecule has 0 bridgehead atoms. The zero-order valence-electron chi connectivity index (χ0n) is 31.3. The lowest BCUT2D eigenvalue weighted by molar-refractivity contribution is -0.966. The van der Waals surface area contributed by atoms with E-state index in [2.05, 4.69) is 182 Å². The molecule has 0 amide bonds. The van der Waals surface area contributed by atoms with Gasteiger partial charge in [0.15, 0.2) is 0 Å². The number of quaternary nitrogens is 2. The Balaban J connectivity index is 0.00000325. The van der Waals surface area contributed by atoms with E-state index < -0.39 is 0 Å². The van der Waals surface area contributed by atoms with Crippen molar-refractivity contribution in [3.8, 4) is 0 Å². The summed E-state index contributed by atoms with van der Waals surface area (Å²) in [6, 6.07) is 65.4. The lowest BCUT2D eigenvalue weighted by Crippen LogP contribution is -3.00. The van der Waals surface area contributed by atoms with Crippen molar-refractivity contribution in [2.75, 3.05) is 39.5 Å². The van der Waals surface area contributed by atoms with Crippen LogP contribution in [0.4, 0.5) is 0 Å². The standard InChI is InChI=1S/C48H54N2O2.2ClH/c1-7-19-43(20-8-1)37-49(38-44-21-9-2-10-22-44,39-45-23-11-3-12-24-45)31-33-51-35-36-52-34-32-50(40-46-25-13-4-14-26-46,41-47-27-15-5-16-28-47)42-48-29-17-6-18-30-48;;/h1-30H,31-42H2;2*1H/q+2;;/p-2. The minimum absolute atomic E-state index is 0. The molecule has 0 spiro atoms. The fraction of sp³-hybridized carbons (Fsp3) is 0.250. The van der Waals surface area contributed by atoms with Crippen LogP contribution in [0.1, 0.15) is 33.4 Å². The third kappa shape index (κ3) is 13.9. The zero-order valence-corrected chi connectivity index (χ0v) is 32.8. The molecule has 0 heterocycles. The predicted molar refractivity (Wildman–Crippen MR) is 213 cm³/mol. The van der Waals surface area contributed by atoms with Crippen molar-refractivity contribution in [3.63, 3.8) is 0 Å². The van der Waals surface area contributed by atoms with Gasteiger partial charge in [0.05, 0.1) is 26.4 Å². The van der Waals surface area contributed by atoms with Crippen molar-refractivity contribution in [2.45, 2.75) is 39.3 Å². The Morgan fingerprint density at radius 2 is 0.444 bits per heavy atom. The second kappa shape index (κ2) is 22.8. The van der Waals surface area contributed by atoms with E-state index >= 15 is 0 Å². The largest absolute Gasteiger partial charge is 1.00 e. The molecule has 0 aliphatic heterocycles. The number of benzene rings is 6. The molecular weight excluding hydrogens is 707 g/mol. The van der Waals surface area contributed by atoms with Gasteiger partial charge in [0.25, 0.3) is 0 Å². The van der Waals surface area contributed by atoms with Crippen LogP contribution in [0.3, 0.4) is 0 Å². The molecule has 282 valence electrons. The van der Waals surface area contributed by atoms with Crippen molar-refractivity contribution in [1.29, 1.82) is 0 Å². The Kier molecular flexibility index (Phi) is 18.0. The minimum atomic E-state index is 0. The van der Waals surface area contributed by atoms with E-state index in [1.807, 2.05) is 0 Å².